The van der Waals surface area contributed by atoms with Crippen molar-refractivity contribution >= 4 is 28.8 Å². The Kier molecular flexibility index (Phi) is 3.00. The Bertz CT molecular complexity index is 438. The standard InChI is InChI=1S/C11H8Cl2O2/c12-8-3-1-2-7(6-8)10-9(13)4-5-15-11(10)14/h1-6,11,14H. The molecule has 15 heavy (non-hydrogen) atoms. The van der Waals surface area contributed by atoms with Crippen molar-refractivity contribution in [3.8, 4) is 0 Å². The van der Waals surface area contributed by atoms with Crippen LogP contribution in [-0.2, 0) is 4.74 Å². The molecule has 2 rings (SSSR count). The number of allylic oxidation sites excluding steroid dienone is 2. The molecule has 0 aliphatic carbocycles. The number of hydrogen-bond acceptors (Lipinski definition) is 2. The van der Waals surface area contributed by atoms with Crippen LogP contribution in [0.25, 0.3) is 5.57 Å². The number of aliphatic hydroxyl groups excluding tert-OH is 1. The fourth-order valence-corrected chi connectivity index (χ4v) is 1.83. The lowest BCUT2D eigenvalue weighted by Crippen LogP contribution is -2.14. The third kappa shape index (κ3) is 2.17. The molecule has 0 saturated heterocycles. The highest BCUT2D eigenvalue weighted by Crippen LogP contribution is 2.30. The van der Waals surface area contributed by atoms with Gasteiger partial charge in [0.2, 0.25) is 6.29 Å². The number of rotatable bonds is 1. The molecular formula is C11H8Cl2O2. The average molecular weight is 243 g/mol. The van der Waals surface area contributed by atoms with Crippen LogP contribution in [0.3, 0.4) is 0 Å². The van der Waals surface area contributed by atoms with E-state index in [1.54, 1.807) is 24.3 Å². The summed E-state index contributed by atoms with van der Waals surface area (Å²) in [7, 11) is 0. The average Bonchev–Trinajstić information content (AvgIpc) is 2.17. The van der Waals surface area contributed by atoms with E-state index in [-0.39, 0.29) is 0 Å². The molecule has 1 aliphatic heterocycles. The fourth-order valence-electron chi connectivity index (χ4n) is 1.39. The molecule has 0 spiro atoms. The van der Waals surface area contributed by atoms with Gasteiger partial charge in [-0.05, 0) is 23.8 Å². The van der Waals surface area contributed by atoms with Gasteiger partial charge in [0.25, 0.3) is 0 Å². The number of ether oxygens (including phenoxy) is 1. The fraction of sp³-hybridized carbons (Fsp3) is 0.0909. The molecular weight excluding hydrogens is 235 g/mol. The molecule has 0 radical (unpaired) electrons. The molecule has 0 bridgehead atoms. The third-order valence-corrected chi connectivity index (χ3v) is 2.63. The van der Waals surface area contributed by atoms with E-state index in [0.29, 0.717) is 15.6 Å². The van der Waals surface area contributed by atoms with Crippen LogP contribution in [0.2, 0.25) is 5.02 Å². The Morgan fingerprint density at radius 3 is 2.73 bits per heavy atom. The van der Waals surface area contributed by atoms with Crippen LogP contribution >= 0.6 is 23.2 Å². The summed E-state index contributed by atoms with van der Waals surface area (Å²) in [5.74, 6) is 0. The summed E-state index contributed by atoms with van der Waals surface area (Å²) in [4.78, 5) is 0. The predicted molar refractivity (Wildman–Crippen MR) is 60.5 cm³/mol. The SMILES string of the molecule is OC1OC=CC(Cl)=C1c1cccc(Cl)c1. The quantitative estimate of drug-likeness (QED) is 0.820. The van der Waals surface area contributed by atoms with Gasteiger partial charge in [-0.2, -0.15) is 0 Å². The van der Waals surface area contributed by atoms with E-state index in [1.807, 2.05) is 6.07 Å². The molecule has 2 nitrogen and oxygen atoms in total. The second-order valence-electron chi connectivity index (χ2n) is 3.06. The molecule has 4 heteroatoms. The first kappa shape index (κ1) is 10.6. The lowest BCUT2D eigenvalue weighted by Gasteiger charge is -2.19. The first-order valence-electron chi connectivity index (χ1n) is 4.34. The van der Waals surface area contributed by atoms with Crippen LogP contribution in [0.5, 0.6) is 0 Å². The maximum atomic E-state index is 9.62. The molecule has 1 aromatic rings. The third-order valence-electron chi connectivity index (χ3n) is 2.06. The lowest BCUT2D eigenvalue weighted by molar-refractivity contribution is -0.00475. The Labute approximate surface area is 97.4 Å². The zero-order valence-corrected chi connectivity index (χ0v) is 9.16. The van der Waals surface area contributed by atoms with Crippen molar-refractivity contribution in [2.24, 2.45) is 0 Å². The summed E-state index contributed by atoms with van der Waals surface area (Å²) in [6, 6.07) is 7.09. The summed E-state index contributed by atoms with van der Waals surface area (Å²) < 4.78 is 4.94. The van der Waals surface area contributed by atoms with E-state index in [9.17, 15) is 5.11 Å². The summed E-state index contributed by atoms with van der Waals surface area (Å²) in [6.45, 7) is 0. The van der Waals surface area contributed by atoms with Gasteiger partial charge in [-0.3, -0.25) is 0 Å². The number of benzene rings is 1. The van der Waals surface area contributed by atoms with Gasteiger partial charge in [-0.25, -0.2) is 0 Å². The van der Waals surface area contributed by atoms with E-state index in [4.69, 9.17) is 27.9 Å². The maximum Gasteiger partial charge on any atom is 0.225 e. The highest BCUT2D eigenvalue weighted by atomic mass is 35.5. The summed E-state index contributed by atoms with van der Waals surface area (Å²) in [5.41, 5.74) is 1.28. The Balaban J connectivity index is 2.49. The number of halogens is 2. The van der Waals surface area contributed by atoms with Gasteiger partial charge in [0.15, 0.2) is 0 Å². The Morgan fingerprint density at radius 1 is 1.27 bits per heavy atom. The van der Waals surface area contributed by atoms with E-state index in [1.165, 1.54) is 6.26 Å². The van der Waals surface area contributed by atoms with Crippen molar-refractivity contribution < 1.29 is 9.84 Å². The highest BCUT2D eigenvalue weighted by molar-refractivity contribution is 6.35. The van der Waals surface area contributed by atoms with Gasteiger partial charge in [0.05, 0.1) is 11.3 Å². The zero-order chi connectivity index (χ0) is 10.8. The molecule has 0 fully saturated rings. The molecule has 1 atom stereocenters. The topological polar surface area (TPSA) is 29.5 Å². The second kappa shape index (κ2) is 4.27. The van der Waals surface area contributed by atoms with E-state index >= 15 is 0 Å². The molecule has 1 aliphatic rings. The van der Waals surface area contributed by atoms with Crippen molar-refractivity contribution in [3.63, 3.8) is 0 Å². The van der Waals surface area contributed by atoms with Crippen molar-refractivity contribution in [1.82, 2.24) is 0 Å². The van der Waals surface area contributed by atoms with Crippen molar-refractivity contribution in [2.45, 2.75) is 6.29 Å². The number of hydrogen-bond donors (Lipinski definition) is 1. The van der Waals surface area contributed by atoms with Gasteiger partial charge in [0.1, 0.15) is 0 Å². The zero-order valence-electron chi connectivity index (χ0n) is 7.65. The Morgan fingerprint density at radius 2 is 2.07 bits per heavy atom. The Hall–Kier alpha value is -0.960. The van der Waals surface area contributed by atoms with Gasteiger partial charge in [-0.1, -0.05) is 35.3 Å². The minimum absolute atomic E-state index is 0.455. The van der Waals surface area contributed by atoms with E-state index in [2.05, 4.69) is 0 Å². The van der Waals surface area contributed by atoms with Gasteiger partial charge in [0, 0.05) is 10.6 Å². The summed E-state index contributed by atoms with van der Waals surface area (Å²) in [6.07, 6.45) is 1.91. The molecule has 1 unspecified atom stereocenters. The van der Waals surface area contributed by atoms with Gasteiger partial charge >= 0.3 is 0 Å². The smallest absolute Gasteiger partial charge is 0.225 e. The van der Waals surface area contributed by atoms with Crippen LogP contribution in [-0.4, -0.2) is 11.4 Å². The van der Waals surface area contributed by atoms with E-state index in [0.717, 1.165) is 5.56 Å². The van der Waals surface area contributed by atoms with Gasteiger partial charge < -0.3 is 9.84 Å². The minimum atomic E-state index is -1.04. The summed E-state index contributed by atoms with van der Waals surface area (Å²) >= 11 is 11.8. The largest absolute Gasteiger partial charge is 0.468 e. The monoisotopic (exact) mass is 242 g/mol. The van der Waals surface area contributed by atoms with Crippen LogP contribution in [0.15, 0.2) is 41.6 Å². The van der Waals surface area contributed by atoms with E-state index < -0.39 is 6.29 Å². The highest BCUT2D eigenvalue weighted by Gasteiger charge is 2.19. The van der Waals surface area contributed by atoms with Crippen LogP contribution < -0.4 is 0 Å². The predicted octanol–water partition coefficient (Wildman–Crippen LogP) is 3.15. The van der Waals surface area contributed by atoms with Crippen LogP contribution in [0.4, 0.5) is 0 Å². The van der Waals surface area contributed by atoms with Crippen LogP contribution in [0, 0.1) is 0 Å². The van der Waals surface area contributed by atoms with Crippen LogP contribution in [0.1, 0.15) is 5.56 Å². The van der Waals surface area contributed by atoms with Crippen molar-refractivity contribution in [3.05, 3.63) is 52.2 Å². The molecule has 1 aromatic carbocycles. The minimum Gasteiger partial charge on any atom is -0.468 e. The molecule has 0 amide bonds. The molecule has 1 N–H and O–H groups in total. The first-order chi connectivity index (χ1) is 7.18. The molecule has 0 aromatic heterocycles. The summed E-state index contributed by atoms with van der Waals surface area (Å²) in [5, 5.41) is 10.7. The van der Waals surface area contributed by atoms with Gasteiger partial charge in [-0.15, -0.1) is 0 Å². The lowest BCUT2D eigenvalue weighted by atomic mass is 10.0. The number of aliphatic hydroxyl groups is 1. The molecule has 1 heterocycles. The van der Waals surface area contributed by atoms with Crippen molar-refractivity contribution in [1.29, 1.82) is 0 Å². The molecule has 78 valence electrons. The molecule has 0 saturated carbocycles. The first-order valence-corrected chi connectivity index (χ1v) is 5.10. The van der Waals surface area contributed by atoms with Crippen molar-refractivity contribution in [2.75, 3.05) is 0 Å². The normalized spacial score (nSPS) is 20.3. The maximum absolute atomic E-state index is 9.62. The second-order valence-corrected chi connectivity index (χ2v) is 3.91.